The molecule has 0 amide bonds. The maximum absolute atomic E-state index is 6.08. The van der Waals surface area contributed by atoms with Gasteiger partial charge in [-0.1, -0.05) is 18.9 Å². The Bertz CT molecular complexity index is 656. The van der Waals surface area contributed by atoms with Crippen molar-refractivity contribution in [1.82, 2.24) is 15.0 Å². The quantitative estimate of drug-likeness (QED) is 0.806. The van der Waals surface area contributed by atoms with E-state index in [2.05, 4.69) is 32.6 Å². The zero-order valence-electron chi connectivity index (χ0n) is 11.8. The third-order valence-corrected chi connectivity index (χ3v) is 4.91. The summed E-state index contributed by atoms with van der Waals surface area (Å²) in [4.78, 5) is 13.5. The second-order valence-corrected chi connectivity index (χ2v) is 6.26. The number of aromatic nitrogens is 3. The van der Waals surface area contributed by atoms with Gasteiger partial charge in [0.1, 0.15) is 11.5 Å². The molecule has 1 fully saturated rings. The van der Waals surface area contributed by atoms with Crippen molar-refractivity contribution >= 4 is 28.4 Å². The van der Waals surface area contributed by atoms with E-state index in [0.29, 0.717) is 29.1 Å². The average molecular weight is 396 g/mol. The Kier molecular flexibility index (Phi) is 4.23. The number of ether oxygens (including phenoxy) is 1. The molecule has 5 nitrogen and oxygen atoms in total. The van der Waals surface area contributed by atoms with Crippen molar-refractivity contribution in [3.05, 3.63) is 27.5 Å². The number of methoxy groups -OCH3 is 1. The number of hydrogen-bond donors (Lipinski definition) is 1. The third kappa shape index (κ3) is 2.95. The van der Waals surface area contributed by atoms with Crippen LogP contribution in [0.5, 0.6) is 5.88 Å². The Labute approximate surface area is 137 Å². The van der Waals surface area contributed by atoms with Crippen molar-refractivity contribution in [3.63, 3.8) is 0 Å². The van der Waals surface area contributed by atoms with E-state index in [-0.39, 0.29) is 0 Å². The molecule has 0 bridgehead atoms. The molecule has 110 valence electrons. The largest absolute Gasteiger partial charge is 0.481 e. The molecular formula is C15H17IN4O. The van der Waals surface area contributed by atoms with Crippen molar-refractivity contribution in [3.8, 4) is 17.4 Å². The minimum Gasteiger partial charge on any atom is -0.481 e. The molecule has 2 N–H and O–H groups in total. The van der Waals surface area contributed by atoms with Crippen molar-refractivity contribution in [2.45, 2.75) is 31.6 Å². The molecule has 0 atom stereocenters. The molecule has 0 radical (unpaired) electrons. The van der Waals surface area contributed by atoms with Gasteiger partial charge in [0.05, 0.1) is 16.4 Å². The van der Waals surface area contributed by atoms with Crippen LogP contribution >= 0.6 is 22.6 Å². The first-order valence-electron chi connectivity index (χ1n) is 7.03. The SMILES string of the molecule is COc1cccc(-c2nc(N)c(I)c(C3CCCC3)n2)n1. The van der Waals surface area contributed by atoms with Crippen LogP contribution in [0.2, 0.25) is 0 Å². The van der Waals surface area contributed by atoms with E-state index in [1.54, 1.807) is 13.2 Å². The van der Waals surface area contributed by atoms with Crippen LogP contribution in [-0.4, -0.2) is 22.1 Å². The lowest BCUT2D eigenvalue weighted by molar-refractivity contribution is 0.398. The summed E-state index contributed by atoms with van der Waals surface area (Å²) in [5, 5.41) is 0. The van der Waals surface area contributed by atoms with Crippen LogP contribution < -0.4 is 10.5 Å². The minimum atomic E-state index is 0.492. The minimum absolute atomic E-state index is 0.492. The summed E-state index contributed by atoms with van der Waals surface area (Å²) in [5.41, 5.74) is 7.84. The van der Waals surface area contributed by atoms with Crippen molar-refractivity contribution in [2.75, 3.05) is 12.8 Å². The van der Waals surface area contributed by atoms with Gasteiger partial charge in [0.2, 0.25) is 5.88 Å². The van der Waals surface area contributed by atoms with Gasteiger partial charge in [-0.3, -0.25) is 0 Å². The second kappa shape index (κ2) is 6.13. The molecule has 2 aromatic rings. The smallest absolute Gasteiger partial charge is 0.213 e. The summed E-state index contributed by atoms with van der Waals surface area (Å²) in [7, 11) is 1.60. The van der Waals surface area contributed by atoms with Crippen LogP contribution in [0.1, 0.15) is 37.3 Å². The van der Waals surface area contributed by atoms with E-state index in [1.165, 1.54) is 25.7 Å². The van der Waals surface area contributed by atoms with Gasteiger partial charge in [-0.15, -0.1) is 0 Å². The molecule has 0 unspecified atom stereocenters. The van der Waals surface area contributed by atoms with Gasteiger partial charge in [-0.25, -0.2) is 15.0 Å². The van der Waals surface area contributed by atoms with E-state index in [0.717, 1.165) is 9.26 Å². The number of halogens is 1. The monoisotopic (exact) mass is 396 g/mol. The Morgan fingerprint density at radius 3 is 2.67 bits per heavy atom. The molecule has 2 aromatic heterocycles. The van der Waals surface area contributed by atoms with Crippen LogP contribution in [0.4, 0.5) is 5.82 Å². The van der Waals surface area contributed by atoms with E-state index in [1.807, 2.05) is 12.1 Å². The zero-order valence-corrected chi connectivity index (χ0v) is 14.0. The number of hydrogen-bond acceptors (Lipinski definition) is 5. The maximum atomic E-state index is 6.08. The lowest BCUT2D eigenvalue weighted by atomic mass is 10.0. The highest BCUT2D eigenvalue weighted by Gasteiger charge is 2.23. The van der Waals surface area contributed by atoms with Gasteiger partial charge >= 0.3 is 0 Å². The summed E-state index contributed by atoms with van der Waals surface area (Å²) in [6.45, 7) is 0. The fraction of sp³-hybridized carbons (Fsp3) is 0.400. The van der Waals surface area contributed by atoms with Gasteiger partial charge in [-0.2, -0.15) is 0 Å². The summed E-state index contributed by atoms with van der Waals surface area (Å²) in [5.74, 6) is 2.16. The fourth-order valence-electron chi connectivity index (χ4n) is 2.72. The van der Waals surface area contributed by atoms with Crippen LogP contribution in [0, 0.1) is 3.57 Å². The molecule has 0 aromatic carbocycles. The standard InChI is InChI=1S/C15H17IN4O/c1-21-11-8-4-7-10(18-11)15-19-13(9-5-2-3-6-9)12(16)14(17)20-15/h4,7-9H,2-3,5-6H2,1H3,(H2,17,19,20). The predicted octanol–water partition coefficient (Wildman–Crippen LogP) is 3.39. The molecule has 0 saturated heterocycles. The molecule has 6 heteroatoms. The Hall–Kier alpha value is -1.44. The van der Waals surface area contributed by atoms with Gasteiger partial charge in [0, 0.05) is 12.0 Å². The van der Waals surface area contributed by atoms with Gasteiger partial charge in [-0.05, 0) is 41.5 Å². The van der Waals surface area contributed by atoms with Gasteiger partial charge in [0.25, 0.3) is 0 Å². The number of rotatable bonds is 3. The first kappa shape index (κ1) is 14.5. The number of pyridine rings is 1. The Balaban J connectivity index is 2.06. The molecular weight excluding hydrogens is 379 g/mol. The molecule has 2 heterocycles. The fourth-order valence-corrected chi connectivity index (χ4v) is 3.40. The van der Waals surface area contributed by atoms with Crippen LogP contribution in [0.25, 0.3) is 11.5 Å². The average Bonchev–Trinajstić information content (AvgIpc) is 3.04. The van der Waals surface area contributed by atoms with Crippen LogP contribution in [0.15, 0.2) is 18.2 Å². The molecule has 0 aliphatic heterocycles. The van der Waals surface area contributed by atoms with Crippen LogP contribution in [0.3, 0.4) is 0 Å². The molecule has 1 aliphatic carbocycles. The maximum Gasteiger partial charge on any atom is 0.213 e. The summed E-state index contributed by atoms with van der Waals surface area (Å²) < 4.78 is 6.14. The van der Waals surface area contributed by atoms with E-state index in [4.69, 9.17) is 15.5 Å². The molecule has 1 saturated carbocycles. The highest BCUT2D eigenvalue weighted by atomic mass is 127. The molecule has 3 rings (SSSR count). The third-order valence-electron chi connectivity index (χ3n) is 3.81. The summed E-state index contributed by atoms with van der Waals surface area (Å²) in [6.07, 6.45) is 4.88. The first-order valence-corrected chi connectivity index (χ1v) is 8.11. The highest BCUT2D eigenvalue weighted by Crippen LogP contribution is 2.37. The Morgan fingerprint density at radius 2 is 1.95 bits per heavy atom. The number of anilines is 1. The molecule has 1 aliphatic rings. The van der Waals surface area contributed by atoms with Crippen molar-refractivity contribution in [2.24, 2.45) is 0 Å². The number of nitrogen functional groups attached to an aromatic ring is 1. The van der Waals surface area contributed by atoms with E-state index in [9.17, 15) is 0 Å². The topological polar surface area (TPSA) is 73.9 Å². The first-order chi connectivity index (χ1) is 10.2. The van der Waals surface area contributed by atoms with Crippen LogP contribution in [-0.2, 0) is 0 Å². The lowest BCUT2D eigenvalue weighted by Gasteiger charge is -2.14. The number of nitrogens with two attached hydrogens (primary N) is 1. The Morgan fingerprint density at radius 1 is 1.19 bits per heavy atom. The van der Waals surface area contributed by atoms with Crippen molar-refractivity contribution in [1.29, 1.82) is 0 Å². The lowest BCUT2D eigenvalue weighted by Crippen LogP contribution is -2.08. The van der Waals surface area contributed by atoms with Gasteiger partial charge < -0.3 is 10.5 Å². The summed E-state index contributed by atoms with van der Waals surface area (Å²) in [6, 6.07) is 5.56. The zero-order chi connectivity index (χ0) is 14.8. The van der Waals surface area contributed by atoms with Gasteiger partial charge in [0.15, 0.2) is 5.82 Å². The van der Waals surface area contributed by atoms with Crippen molar-refractivity contribution < 1.29 is 4.74 Å². The summed E-state index contributed by atoms with van der Waals surface area (Å²) >= 11 is 2.25. The van der Waals surface area contributed by atoms with E-state index >= 15 is 0 Å². The van der Waals surface area contributed by atoms with E-state index < -0.39 is 0 Å². The number of nitrogens with zero attached hydrogens (tertiary/aromatic N) is 3. The molecule has 0 spiro atoms. The second-order valence-electron chi connectivity index (χ2n) is 5.18. The predicted molar refractivity (Wildman–Crippen MR) is 90.2 cm³/mol. The normalized spacial score (nSPS) is 15.3. The molecule has 21 heavy (non-hydrogen) atoms. The highest BCUT2D eigenvalue weighted by molar-refractivity contribution is 14.1.